The van der Waals surface area contributed by atoms with Crippen molar-refractivity contribution < 1.29 is 4.79 Å². The Morgan fingerprint density at radius 2 is 2.00 bits per heavy atom. The van der Waals surface area contributed by atoms with E-state index in [0.717, 1.165) is 24.0 Å². The Kier molecular flexibility index (Phi) is 4.85. The monoisotopic (exact) mass is 324 g/mol. The van der Waals surface area contributed by atoms with Gasteiger partial charge in [0, 0.05) is 5.41 Å². The van der Waals surface area contributed by atoms with Crippen LogP contribution in [-0.2, 0) is 4.79 Å². The molecule has 1 aromatic carbocycles. The minimum absolute atomic E-state index is 0.257. The Hall–Kier alpha value is -0.790. The summed E-state index contributed by atoms with van der Waals surface area (Å²) < 4.78 is 0. The summed E-state index contributed by atoms with van der Waals surface area (Å²) in [5, 5.41) is 1.04. The number of ketones is 1. The molecule has 1 fully saturated rings. The normalized spacial score (nSPS) is 28.4. The van der Waals surface area contributed by atoms with E-state index < -0.39 is 0 Å². The highest BCUT2D eigenvalue weighted by Crippen LogP contribution is 2.44. The van der Waals surface area contributed by atoms with Crippen LogP contribution in [0.5, 0.6) is 0 Å². The van der Waals surface area contributed by atoms with Crippen molar-refractivity contribution >= 4 is 35.1 Å². The van der Waals surface area contributed by atoms with Crippen LogP contribution in [0.25, 0.3) is 6.08 Å². The molecule has 2 unspecified atom stereocenters. The van der Waals surface area contributed by atoms with Crippen molar-refractivity contribution in [3.8, 4) is 0 Å². The van der Waals surface area contributed by atoms with Crippen molar-refractivity contribution in [3.05, 3.63) is 39.4 Å². The molecule has 2 atom stereocenters. The van der Waals surface area contributed by atoms with E-state index >= 15 is 0 Å². The summed E-state index contributed by atoms with van der Waals surface area (Å²) in [7, 11) is 0. The lowest BCUT2D eigenvalue weighted by Gasteiger charge is -2.39. The lowest BCUT2D eigenvalue weighted by molar-refractivity contribution is -0.129. The van der Waals surface area contributed by atoms with Crippen molar-refractivity contribution in [3.63, 3.8) is 0 Å². The second kappa shape index (κ2) is 6.14. The zero-order valence-corrected chi connectivity index (χ0v) is 14.6. The van der Waals surface area contributed by atoms with E-state index in [1.807, 2.05) is 18.2 Å². The fourth-order valence-electron chi connectivity index (χ4n) is 2.90. The topological polar surface area (TPSA) is 17.1 Å². The van der Waals surface area contributed by atoms with Crippen molar-refractivity contribution in [2.45, 2.75) is 40.5 Å². The molecule has 114 valence electrons. The van der Waals surface area contributed by atoms with Gasteiger partial charge in [-0.1, -0.05) is 63.0 Å². The summed E-state index contributed by atoms with van der Waals surface area (Å²) in [5.74, 6) is 0.849. The van der Waals surface area contributed by atoms with Gasteiger partial charge in [0.15, 0.2) is 5.78 Å². The molecule has 0 aliphatic heterocycles. The standard InChI is InChI=1S/C18H22Cl2O/c1-11(2)18(4)9-8-12(3)14(17(18)21)10-13-6-5-7-15(19)16(13)20/h5-7,10-12H,8-9H2,1-4H3/b14-10+. The molecular weight excluding hydrogens is 303 g/mol. The summed E-state index contributed by atoms with van der Waals surface area (Å²) in [4.78, 5) is 13.0. The summed E-state index contributed by atoms with van der Waals surface area (Å²) in [6, 6.07) is 5.53. The van der Waals surface area contributed by atoms with Gasteiger partial charge in [0.2, 0.25) is 0 Å². The fourth-order valence-corrected chi connectivity index (χ4v) is 3.26. The number of hydrogen-bond donors (Lipinski definition) is 0. The van der Waals surface area contributed by atoms with E-state index in [0.29, 0.717) is 16.0 Å². The molecule has 1 saturated carbocycles. The molecule has 3 heteroatoms. The SMILES string of the molecule is CC1CCC(C)(C(C)C)C(=O)/C1=C/c1cccc(Cl)c1Cl. The first-order valence-corrected chi connectivity index (χ1v) is 8.23. The van der Waals surface area contributed by atoms with Crippen LogP contribution in [0.1, 0.15) is 46.1 Å². The van der Waals surface area contributed by atoms with Crippen molar-refractivity contribution in [1.82, 2.24) is 0 Å². The lowest BCUT2D eigenvalue weighted by Crippen LogP contribution is -2.40. The molecule has 0 radical (unpaired) electrons. The van der Waals surface area contributed by atoms with E-state index in [2.05, 4.69) is 27.7 Å². The molecular formula is C18H22Cl2O. The largest absolute Gasteiger partial charge is 0.294 e. The van der Waals surface area contributed by atoms with Crippen LogP contribution in [0, 0.1) is 17.3 Å². The first-order valence-electron chi connectivity index (χ1n) is 7.47. The highest BCUT2D eigenvalue weighted by molar-refractivity contribution is 6.43. The Morgan fingerprint density at radius 1 is 1.33 bits per heavy atom. The molecule has 21 heavy (non-hydrogen) atoms. The van der Waals surface area contributed by atoms with Crippen molar-refractivity contribution in [2.24, 2.45) is 17.3 Å². The van der Waals surface area contributed by atoms with Crippen LogP contribution < -0.4 is 0 Å². The first-order chi connectivity index (χ1) is 9.77. The first kappa shape index (κ1) is 16.6. The Labute approximate surface area is 137 Å². The maximum absolute atomic E-state index is 13.0. The smallest absolute Gasteiger partial charge is 0.165 e. The number of hydrogen-bond acceptors (Lipinski definition) is 1. The molecule has 1 aliphatic rings. The molecule has 0 saturated heterocycles. The molecule has 0 amide bonds. The zero-order valence-electron chi connectivity index (χ0n) is 13.0. The van der Waals surface area contributed by atoms with E-state index in [9.17, 15) is 4.79 Å². The number of rotatable bonds is 2. The van der Waals surface area contributed by atoms with Gasteiger partial charge in [0.1, 0.15) is 0 Å². The second-order valence-corrected chi connectivity index (χ2v) is 7.37. The maximum atomic E-state index is 13.0. The second-order valence-electron chi connectivity index (χ2n) is 6.58. The van der Waals surface area contributed by atoms with Crippen LogP contribution in [0.4, 0.5) is 0 Å². The summed E-state index contributed by atoms with van der Waals surface area (Å²) >= 11 is 12.3. The molecule has 2 rings (SSSR count). The number of allylic oxidation sites excluding steroid dienone is 1. The van der Waals surface area contributed by atoms with E-state index in [4.69, 9.17) is 23.2 Å². The van der Waals surface area contributed by atoms with Gasteiger partial charge >= 0.3 is 0 Å². The molecule has 0 aromatic heterocycles. The van der Waals surface area contributed by atoms with E-state index in [-0.39, 0.29) is 17.1 Å². The number of Topliss-reactive ketones (excluding diaryl/α,β-unsaturated/α-hetero) is 1. The predicted octanol–water partition coefficient (Wildman–Crippen LogP) is 6.04. The minimum Gasteiger partial charge on any atom is -0.294 e. The number of carbonyl (C=O) groups excluding carboxylic acids is 1. The lowest BCUT2D eigenvalue weighted by atomic mass is 9.63. The predicted molar refractivity (Wildman–Crippen MR) is 90.8 cm³/mol. The van der Waals surface area contributed by atoms with Gasteiger partial charge in [0.05, 0.1) is 10.0 Å². The van der Waals surface area contributed by atoms with Gasteiger partial charge in [-0.15, -0.1) is 0 Å². The van der Waals surface area contributed by atoms with E-state index in [1.54, 1.807) is 6.07 Å². The molecule has 0 heterocycles. The van der Waals surface area contributed by atoms with Crippen LogP contribution in [-0.4, -0.2) is 5.78 Å². The number of carbonyl (C=O) groups is 1. The van der Waals surface area contributed by atoms with Gasteiger partial charge in [0.25, 0.3) is 0 Å². The Bertz CT molecular complexity index is 589. The Balaban J connectivity index is 2.47. The third-order valence-corrected chi connectivity index (χ3v) is 5.81. The van der Waals surface area contributed by atoms with Crippen LogP contribution >= 0.6 is 23.2 Å². The van der Waals surface area contributed by atoms with Gasteiger partial charge < -0.3 is 0 Å². The fraction of sp³-hybridized carbons (Fsp3) is 0.500. The summed E-state index contributed by atoms with van der Waals surface area (Å²) in [6.45, 7) is 8.44. The van der Waals surface area contributed by atoms with Gasteiger partial charge in [-0.3, -0.25) is 4.79 Å². The zero-order chi connectivity index (χ0) is 15.8. The van der Waals surface area contributed by atoms with Crippen molar-refractivity contribution in [2.75, 3.05) is 0 Å². The maximum Gasteiger partial charge on any atom is 0.165 e. The Morgan fingerprint density at radius 3 is 2.62 bits per heavy atom. The minimum atomic E-state index is -0.274. The molecule has 1 aromatic rings. The highest BCUT2D eigenvalue weighted by Gasteiger charge is 2.42. The highest BCUT2D eigenvalue weighted by atomic mass is 35.5. The average Bonchev–Trinajstić information content (AvgIpc) is 2.43. The van der Waals surface area contributed by atoms with Gasteiger partial charge in [-0.05, 0) is 48.0 Å². The molecule has 0 spiro atoms. The quantitative estimate of drug-likeness (QED) is 0.606. The van der Waals surface area contributed by atoms with Gasteiger partial charge in [-0.2, -0.15) is 0 Å². The van der Waals surface area contributed by atoms with Crippen LogP contribution in [0.2, 0.25) is 10.0 Å². The number of benzene rings is 1. The third-order valence-electron chi connectivity index (χ3n) is 4.98. The number of halogens is 2. The molecule has 0 N–H and O–H groups in total. The molecule has 1 nitrogen and oxygen atoms in total. The average molecular weight is 325 g/mol. The van der Waals surface area contributed by atoms with E-state index in [1.165, 1.54) is 0 Å². The van der Waals surface area contributed by atoms with Crippen molar-refractivity contribution in [1.29, 1.82) is 0 Å². The van der Waals surface area contributed by atoms with Crippen LogP contribution in [0.15, 0.2) is 23.8 Å². The molecule has 1 aliphatic carbocycles. The summed E-state index contributed by atoms with van der Waals surface area (Å²) in [5.41, 5.74) is 1.43. The van der Waals surface area contributed by atoms with Crippen LogP contribution in [0.3, 0.4) is 0 Å². The summed E-state index contributed by atoms with van der Waals surface area (Å²) in [6.07, 6.45) is 3.91. The van der Waals surface area contributed by atoms with Gasteiger partial charge in [-0.25, -0.2) is 0 Å². The molecule has 0 bridgehead atoms. The third kappa shape index (κ3) is 3.05.